The Labute approximate surface area is 169 Å². The van der Waals surface area contributed by atoms with Crippen molar-refractivity contribution in [3.05, 3.63) is 81.8 Å². The van der Waals surface area contributed by atoms with Gasteiger partial charge in [0.05, 0.1) is 12.1 Å². The Balaban J connectivity index is 1.71. The zero-order valence-electron chi connectivity index (χ0n) is 15.3. The van der Waals surface area contributed by atoms with E-state index in [0.717, 1.165) is 11.1 Å². The standard InChI is InChI=1S/C22H14N2O4S/c1-12-9-14(23-2)7-8-15(12)20-19(22(26)27)13(11-29-20)10-17(25)21-24-16-5-3-4-6-18(16)28-21/h3-9,11H,10H2,1H3,(H,26,27). The first-order valence-corrected chi connectivity index (χ1v) is 9.57. The first-order valence-electron chi connectivity index (χ1n) is 8.69. The van der Waals surface area contributed by atoms with Crippen molar-refractivity contribution in [1.82, 2.24) is 4.98 Å². The lowest BCUT2D eigenvalue weighted by Crippen LogP contribution is -2.08. The van der Waals surface area contributed by atoms with E-state index in [1.165, 1.54) is 11.3 Å². The molecule has 0 radical (unpaired) electrons. The molecule has 0 saturated heterocycles. The molecule has 4 rings (SSSR count). The molecule has 29 heavy (non-hydrogen) atoms. The van der Waals surface area contributed by atoms with Crippen LogP contribution in [-0.4, -0.2) is 21.8 Å². The van der Waals surface area contributed by atoms with Crippen molar-refractivity contribution in [2.24, 2.45) is 0 Å². The van der Waals surface area contributed by atoms with Gasteiger partial charge < -0.3 is 9.52 Å². The van der Waals surface area contributed by atoms with Crippen LogP contribution < -0.4 is 0 Å². The minimum absolute atomic E-state index is 0.0344. The smallest absolute Gasteiger partial charge is 0.337 e. The number of thiophene rings is 1. The van der Waals surface area contributed by atoms with Crippen LogP contribution in [0.1, 0.15) is 32.2 Å². The fourth-order valence-electron chi connectivity index (χ4n) is 3.17. The second-order valence-corrected chi connectivity index (χ2v) is 7.35. The summed E-state index contributed by atoms with van der Waals surface area (Å²) in [6, 6.07) is 12.2. The monoisotopic (exact) mass is 402 g/mol. The van der Waals surface area contributed by atoms with Crippen molar-refractivity contribution in [2.45, 2.75) is 13.3 Å². The van der Waals surface area contributed by atoms with Gasteiger partial charge >= 0.3 is 5.97 Å². The maximum atomic E-state index is 12.7. The largest absolute Gasteiger partial charge is 0.478 e. The van der Waals surface area contributed by atoms with Crippen molar-refractivity contribution in [3.8, 4) is 10.4 Å². The van der Waals surface area contributed by atoms with Crippen LogP contribution in [0.2, 0.25) is 0 Å². The van der Waals surface area contributed by atoms with E-state index in [1.54, 1.807) is 47.8 Å². The molecule has 2 aromatic carbocycles. The quantitative estimate of drug-likeness (QED) is 0.350. The van der Waals surface area contributed by atoms with Crippen LogP contribution in [-0.2, 0) is 6.42 Å². The number of ketones is 1. The number of aromatic carboxylic acids is 1. The minimum atomic E-state index is -1.10. The normalized spacial score (nSPS) is 10.8. The number of carbonyl (C=O) groups is 2. The highest BCUT2D eigenvalue weighted by atomic mass is 32.1. The van der Waals surface area contributed by atoms with Gasteiger partial charge in [0.1, 0.15) is 5.52 Å². The van der Waals surface area contributed by atoms with Gasteiger partial charge in [-0.3, -0.25) is 4.79 Å². The third-order valence-corrected chi connectivity index (χ3v) is 5.61. The number of hydrogen-bond donors (Lipinski definition) is 1. The molecule has 7 heteroatoms. The fourth-order valence-corrected chi connectivity index (χ4v) is 4.32. The average molecular weight is 402 g/mol. The maximum absolute atomic E-state index is 12.7. The fraction of sp³-hybridized carbons (Fsp3) is 0.0909. The molecule has 0 fully saturated rings. The number of fused-ring (bicyclic) bond motifs is 1. The number of carbonyl (C=O) groups excluding carboxylic acids is 1. The summed E-state index contributed by atoms with van der Waals surface area (Å²) >= 11 is 1.27. The average Bonchev–Trinajstić information content (AvgIpc) is 3.32. The Morgan fingerprint density at radius 2 is 2.03 bits per heavy atom. The molecule has 0 spiro atoms. The molecule has 0 unspecified atom stereocenters. The molecule has 0 aliphatic rings. The number of aromatic nitrogens is 1. The van der Waals surface area contributed by atoms with Crippen LogP contribution in [0.4, 0.5) is 5.69 Å². The summed E-state index contributed by atoms with van der Waals surface area (Å²) < 4.78 is 5.51. The second-order valence-electron chi connectivity index (χ2n) is 6.47. The predicted molar refractivity (Wildman–Crippen MR) is 110 cm³/mol. The van der Waals surface area contributed by atoms with E-state index >= 15 is 0 Å². The van der Waals surface area contributed by atoms with Crippen LogP contribution in [0.15, 0.2) is 52.3 Å². The van der Waals surface area contributed by atoms with Crippen LogP contribution >= 0.6 is 11.3 Å². The highest BCUT2D eigenvalue weighted by molar-refractivity contribution is 7.14. The number of oxazole rings is 1. The summed E-state index contributed by atoms with van der Waals surface area (Å²) in [5, 5.41) is 11.5. The van der Waals surface area contributed by atoms with E-state index in [0.29, 0.717) is 27.2 Å². The molecular weight excluding hydrogens is 388 g/mol. The van der Waals surface area contributed by atoms with Gasteiger partial charge in [0, 0.05) is 11.3 Å². The van der Waals surface area contributed by atoms with Crippen molar-refractivity contribution in [3.63, 3.8) is 0 Å². The predicted octanol–water partition coefficient (Wildman–Crippen LogP) is 5.54. The summed E-state index contributed by atoms with van der Waals surface area (Å²) in [5.74, 6) is -1.52. The number of aryl methyl sites for hydroxylation is 1. The lowest BCUT2D eigenvalue weighted by molar-refractivity contribution is 0.0697. The second kappa shape index (κ2) is 7.34. The lowest BCUT2D eigenvalue weighted by Gasteiger charge is -2.07. The Morgan fingerprint density at radius 3 is 2.72 bits per heavy atom. The summed E-state index contributed by atoms with van der Waals surface area (Å²) in [4.78, 5) is 32.8. The molecule has 142 valence electrons. The molecular formula is C22H14N2O4S. The minimum Gasteiger partial charge on any atom is -0.478 e. The van der Waals surface area contributed by atoms with Gasteiger partial charge in [-0.05, 0) is 35.6 Å². The van der Waals surface area contributed by atoms with Gasteiger partial charge in [-0.2, -0.15) is 0 Å². The van der Waals surface area contributed by atoms with E-state index < -0.39 is 5.97 Å². The number of rotatable bonds is 5. The Morgan fingerprint density at radius 1 is 1.24 bits per heavy atom. The highest BCUT2D eigenvalue weighted by Crippen LogP contribution is 2.37. The third kappa shape index (κ3) is 3.42. The molecule has 6 nitrogen and oxygen atoms in total. The zero-order chi connectivity index (χ0) is 20.5. The van der Waals surface area contributed by atoms with Crippen LogP contribution in [0, 0.1) is 13.5 Å². The van der Waals surface area contributed by atoms with E-state index in [-0.39, 0.29) is 23.7 Å². The Hall–Kier alpha value is -3.76. The Bertz CT molecular complexity index is 1280. The van der Waals surface area contributed by atoms with Crippen molar-refractivity contribution in [1.29, 1.82) is 0 Å². The first kappa shape index (κ1) is 18.6. The van der Waals surface area contributed by atoms with Gasteiger partial charge in [0.15, 0.2) is 11.3 Å². The number of nitrogens with zero attached hydrogens (tertiary/aromatic N) is 2. The van der Waals surface area contributed by atoms with Gasteiger partial charge in [0.25, 0.3) is 5.89 Å². The van der Waals surface area contributed by atoms with Crippen molar-refractivity contribution < 1.29 is 19.1 Å². The molecule has 0 aliphatic heterocycles. The summed E-state index contributed by atoms with van der Waals surface area (Å²) in [7, 11) is 0. The van der Waals surface area contributed by atoms with E-state index in [4.69, 9.17) is 11.0 Å². The molecule has 2 heterocycles. The van der Waals surface area contributed by atoms with Crippen molar-refractivity contribution in [2.75, 3.05) is 0 Å². The number of carboxylic acids is 1. The van der Waals surface area contributed by atoms with E-state index in [2.05, 4.69) is 9.83 Å². The summed E-state index contributed by atoms with van der Waals surface area (Å²) in [5.41, 5.74) is 3.63. The molecule has 0 atom stereocenters. The van der Waals surface area contributed by atoms with Gasteiger partial charge in [-0.15, -0.1) is 11.3 Å². The number of Topliss-reactive ketones (excluding diaryl/α,β-unsaturated/α-hetero) is 1. The van der Waals surface area contributed by atoms with Gasteiger partial charge in [-0.25, -0.2) is 14.6 Å². The number of benzene rings is 2. The lowest BCUT2D eigenvalue weighted by atomic mass is 9.99. The molecule has 1 N–H and O–H groups in total. The maximum Gasteiger partial charge on any atom is 0.337 e. The van der Waals surface area contributed by atoms with Crippen LogP contribution in [0.5, 0.6) is 0 Å². The summed E-state index contributed by atoms with van der Waals surface area (Å²) in [6.45, 7) is 8.94. The van der Waals surface area contributed by atoms with Crippen LogP contribution in [0.3, 0.4) is 0 Å². The first-order chi connectivity index (χ1) is 14.0. The SMILES string of the molecule is [C-]#[N+]c1ccc(-c2scc(CC(=O)c3nc4ccccc4o3)c2C(=O)O)c(C)c1. The number of carboxylic acid groups (broad SMARTS) is 1. The molecule has 0 saturated carbocycles. The van der Waals surface area contributed by atoms with Gasteiger partial charge in [0.2, 0.25) is 5.78 Å². The van der Waals surface area contributed by atoms with Crippen molar-refractivity contribution >= 4 is 39.9 Å². The van der Waals surface area contributed by atoms with E-state index in [1.807, 2.05) is 6.92 Å². The molecule has 2 aromatic heterocycles. The zero-order valence-corrected chi connectivity index (χ0v) is 16.1. The van der Waals surface area contributed by atoms with E-state index in [9.17, 15) is 14.7 Å². The van der Waals surface area contributed by atoms with Crippen LogP contribution in [0.25, 0.3) is 26.4 Å². The molecule has 4 aromatic rings. The highest BCUT2D eigenvalue weighted by Gasteiger charge is 2.24. The third-order valence-electron chi connectivity index (χ3n) is 4.55. The Kier molecular flexibility index (Phi) is 4.71. The van der Waals surface area contributed by atoms with Gasteiger partial charge in [-0.1, -0.05) is 35.9 Å². The number of hydrogen-bond acceptors (Lipinski definition) is 5. The topological polar surface area (TPSA) is 84.8 Å². The molecule has 0 bridgehead atoms. The number of para-hydroxylation sites is 2. The summed E-state index contributed by atoms with van der Waals surface area (Å²) in [6.07, 6.45) is -0.121. The molecule has 0 amide bonds. The molecule has 0 aliphatic carbocycles.